The number of anilines is 2. The van der Waals surface area contributed by atoms with E-state index in [9.17, 15) is 0 Å². The van der Waals surface area contributed by atoms with E-state index in [4.69, 9.17) is 18.0 Å². The Morgan fingerprint density at radius 1 is 1.05 bits per heavy atom. The van der Waals surface area contributed by atoms with Crippen molar-refractivity contribution in [2.45, 2.75) is 13.8 Å². The van der Waals surface area contributed by atoms with Crippen LogP contribution in [-0.2, 0) is 0 Å². The molecule has 0 fully saturated rings. The van der Waals surface area contributed by atoms with Gasteiger partial charge in [0.05, 0.1) is 5.69 Å². The molecule has 0 spiro atoms. The molecule has 0 saturated heterocycles. The Hall–Kier alpha value is -1.87. The molecule has 0 amide bonds. The van der Waals surface area contributed by atoms with Gasteiger partial charge in [-0.15, -0.1) is 0 Å². The van der Waals surface area contributed by atoms with Gasteiger partial charge >= 0.3 is 0 Å². The Kier molecular flexibility index (Phi) is 3.86. The molecule has 0 bridgehead atoms. The van der Waals surface area contributed by atoms with Crippen molar-refractivity contribution in [1.82, 2.24) is 0 Å². The van der Waals surface area contributed by atoms with E-state index in [0.717, 1.165) is 16.9 Å². The molecule has 0 unspecified atom stereocenters. The van der Waals surface area contributed by atoms with Gasteiger partial charge in [-0.1, -0.05) is 42.0 Å². The standard InChI is InChI=1S/C16H18N2S/c1-11-8-9-14(12(2)10-11)18(3)15-7-5-4-6-13(15)16(17)19/h4-10H,1-3H3,(H2,17,19). The molecule has 0 aliphatic carbocycles. The molecule has 19 heavy (non-hydrogen) atoms. The Morgan fingerprint density at radius 3 is 2.37 bits per heavy atom. The van der Waals surface area contributed by atoms with Crippen molar-refractivity contribution in [2.24, 2.45) is 5.73 Å². The summed E-state index contributed by atoms with van der Waals surface area (Å²) >= 11 is 5.12. The number of hydrogen-bond donors (Lipinski definition) is 1. The van der Waals surface area contributed by atoms with Crippen LogP contribution in [0.3, 0.4) is 0 Å². The fraction of sp³-hybridized carbons (Fsp3) is 0.188. The van der Waals surface area contributed by atoms with Gasteiger partial charge < -0.3 is 10.6 Å². The molecule has 2 aromatic carbocycles. The van der Waals surface area contributed by atoms with E-state index in [1.807, 2.05) is 31.3 Å². The van der Waals surface area contributed by atoms with E-state index in [0.29, 0.717) is 4.99 Å². The zero-order valence-electron chi connectivity index (χ0n) is 11.5. The number of hydrogen-bond acceptors (Lipinski definition) is 2. The van der Waals surface area contributed by atoms with Gasteiger partial charge in [-0.25, -0.2) is 0 Å². The van der Waals surface area contributed by atoms with E-state index in [1.54, 1.807) is 0 Å². The minimum absolute atomic E-state index is 0.423. The van der Waals surface area contributed by atoms with Crippen LogP contribution >= 0.6 is 12.2 Å². The van der Waals surface area contributed by atoms with Crippen LogP contribution in [0, 0.1) is 13.8 Å². The summed E-state index contributed by atoms with van der Waals surface area (Å²) in [4.78, 5) is 2.55. The maximum absolute atomic E-state index is 5.80. The first-order valence-electron chi connectivity index (χ1n) is 6.20. The minimum atomic E-state index is 0.423. The largest absolute Gasteiger partial charge is 0.389 e. The maximum Gasteiger partial charge on any atom is 0.106 e. The topological polar surface area (TPSA) is 29.3 Å². The van der Waals surface area contributed by atoms with Crippen LogP contribution in [0.15, 0.2) is 42.5 Å². The van der Waals surface area contributed by atoms with Crippen LogP contribution in [0.2, 0.25) is 0 Å². The second-order valence-corrected chi connectivity index (χ2v) is 5.17. The Bertz CT molecular complexity index is 620. The lowest BCUT2D eigenvalue weighted by Crippen LogP contribution is -2.18. The number of thiocarbonyl (C=S) groups is 1. The number of para-hydroxylation sites is 1. The molecular weight excluding hydrogens is 252 g/mol. The van der Waals surface area contributed by atoms with Gasteiger partial charge in [0.15, 0.2) is 0 Å². The van der Waals surface area contributed by atoms with Crippen molar-refractivity contribution >= 4 is 28.6 Å². The molecule has 0 aliphatic rings. The highest BCUT2D eigenvalue weighted by molar-refractivity contribution is 7.80. The summed E-state index contributed by atoms with van der Waals surface area (Å²) in [6.45, 7) is 4.21. The molecule has 0 aromatic heterocycles. The van der Waals surface area contributed by atoms with Crippen LogP contribution in [0.25, 0.3) is 0 Å². The van der Waals surface area contributed by atoms with Crippen molar-refractivity contribution in [3.05, 3.63) is 59.2 Å². The lowest BCUT2D eigenvalue weighted by atomic mass is 10.1. The molecular formula is C16H18N2S. The second kappa shape index (κ2) is 5.41. The zero-order chi connectivity index (χ0) is 14.0. The van der Waals surface area contributed by atoms with Crippen molar-refractivity contribution in [2.75, 3.05) is 11.9 Å². The Balaban J connectivity index is 2.50. The molecule has 2 N–H and O–H groups in total. The summed E-state index contributed by atoms with van der Waals surface area (Å²) < 4.78 is 0. The highest BCUT2D eigenvalue weighted by Crippen LogP contribution is 2.29. The van der Waals surface area contributed by atoms with E-state index in [-0.39, 0.29) is 0 Å². The van der Waals surface area contributed by atoms with Crippen molar-refractivity contribution in [3.63, 3.8) is 0 Å². The van der Waals surface area contributed by atoms with E-state index >= 15 is 0 Å². The third-order valence-corrected chi connectivity index (χ3v) is 3.46. The van der Waals surface area contributed by atoms with Crippen LogP contribution in [0.5, 0.6) is 0 Å². The average molecular weight is 270 g/mol. The predicted octanol–water partition coefficient (Wildman–Crippen LogP) is 3.71. The van der Waals surface area contributed by atoms with E-state index in [2.05, 4.69) is 36.9 Å². The molecule has 0 heterocycles. The van der Waals surface area contributed by atoms with Crippen LogP contribution in [0.4, 0.5) is 11.4 Å². The summed E-state index contributed by atoms with van der Waals surface area (Å²) in [6, 6.07) is 14.4. The fourth-order valence-electron chi connectivity index (χ4n) is 2.29. The smallest absolute Gasteiger partial charge is 0.106 e. The predicted molar refractivity (Wildman–Crippen MR) is 86.3 cm³/mol. The highest BCUT2D eigenvalue weighted by Gasteiger charge is 2.12. The highest BCUT2D eigenvalue weighted by atomic mass is 32.1. The average Bonchev–Trinajstić information content (AvgIpc) is 2.38. The Labute approximate surface area is 119 Å². The number of rotatable bonds is 3. The van der Waals surface area contributed by atoms with Crippen LogP contribution < -0.4 is 10.6 Å². The first kappa shape index (κ1) is 13.6. The first-order valence-corrected chi connectivity index (χ1v) is 6.61. The van der Waals surface area contributed by atoms with Gasteiger partial charge in [-0.2, -0.15) is 0 Å². The van der Waals surface area contributed by atoms with Crippen molar-refractivity contribution < 1.29 is 0 Å². The van der Waals surface area contributed by atoms with Gasteiger partial charge in [0.2, 0.25) is 0 Å². The minimum Gasteiger partial charge on any atom is -0.389 e. The quantitative estimate of drug-likeness (QED) is 0.862. The van der Waals surface area contributed by atoms with Gasteiger partial charge in [0, 0.05) is 18.3 Å². The van der Waals surface area contributed by atoms with Gasteiger partial charge in [-0.3, -0.25) is 0 Å². The first-order chi connectivity index (χ1) is 9.00. The molecule has 2 nitrogen and oxygen atoms in total. The summed E-state index contributed by atoms with van der Waals surface area (Å²) in [5.74, 6) is 0. The van der Waals surface area contributed by atoms with Crippen LogP contribution in [-0.4, -0.2) is 12.0 Å². The second-order valence-electron chi connectivity index (χ2n) is 4.73. The maximum atomic E-state index is 5.80. The van der Waals surface area contributed by atoms with Gasteiger partial charge in [0.25, 0.3) is 0 Å². The molecule has 2 rings (SSSR count). The third-order valence-electron chi connectivity index (χ3n) is 3.24. The van der Waals surface area contributed by atoms with E-state index in [1.165, 1.54) is 11.1 Å². The molecule has 0 atom stereocenters. The number of benzene rings is 2. The number of nitrogens with two attached hydrogens (primary N) is 1. The van der Waals surface area contributed by atoms with Gasteiger partial charge in [0.1, 0.15) is 4.99 Å². The lowest BCUT2D eigenvalue weighted by Gasteiger charge is -2.24. The molecule has 0 saturated carbocycles. The molecule has 3 heteroatoms. The number of aryl methyl sites for hydroxylation is 2. The van der Waals surface area contributed by atoms with Crippen molar-refractivity contribution in [3.8, 4) is 0 Å². The zero-order valence-corrected chi connectivity index (χ0v) is 12.3. The third kappa shape index (κ3) is 2.76. The molecule has 0 aliphatic heterocycles. The monoisotopic (exact) mass is 270 g/mol. The number of nitrogens with zero attached hydrogens (tertiary/aromatic N) is 1. The van der Waals surface area contributed by atoms with Crippen molar-refractivity contribution in [1.29, 1.82) is 0 Å². The fourth-order valence-corrected chi connectivity index (χ4v) is 2.46. The Morgan fingerprint density at radius 2 is 1.74 bits per heavy atom. The summed E-state index contributed by atoms with van der Waals surface area (Å²) in [5.41, 5.74) is 11.4. The summed E-state index contributed by atoms with van der Waals surface area (Å²) in [5, 5.41) is 0. The summed E-state index contributed by atoms with van der Waals surface area (Å²) in [6.07, 6.45) is 0. The molecule has 2 aromatic rings. The normalized spacial score (nSPS) is 10.3. The van der Waals surface area contributed by atoms with E-state index < -0.39 is 0 Å². The SMILES string of the molecule is Cc1ccc(N(C)c2ccccc2C(N)=S)c(C)c1. The molecule has 0 radical (unpaired) electrons. The van der Waals surface area contributed by atoms with Gasteiger partial charge in [-0.05, 0) is 37.6 Å². The van der Waals surface area contributed by atoms with Crippen LogP contribution in [0.1, 0.15) is 16.7 Å². The summed E-state index contributed by atoms with van der Waals surface area (Å²) in [7, 11) is 2.04. The molecule has 98 valence electrons. The lowest BCUT2D eigenvalue weighted by molar-refractivity contribution is 1.17.